The van der Waals surface area contributed by atoms with Gasteiger partial charge in [0.05, 0.1) is 40.1 Å². The van der Waals surface area contributed by atoms with Crippen LogP contribution in [0.15, 0.2) is 106 Å². The fourth-order valence-corrected chi connectivity index (χ4v) is 9.70. The number of hydrogen-bond acceptors (Lipinski definition) is 11. The molecule has 1 amide bonds. The van der Waals surface area contributed by atoms with Gasteiger partial charge in [-0.15, -0.1) is 11.8 Å². The quantitative estimate of drug-likeness (QED) is 0.0397. The van der Waals surface area contributed by atoms with Gasteiger partial charge in [-0.2, -0.15) is 0 Å². The minimum Gasteiger partial charge on any atom is -0.456 e. The molecule has 0 atom stereocenters. The van der Waals surface area contributed by atoms with Crippen molar-refractivity contribution in [2.45, 2.75) is 42.9 Å². The SMILES string of the molecule is COCCOCCSc1ccc(S(=O)(=O)NC(=O)c2ccc(N3CCN(CC4=C(c5ccc(Cl)cc5)CC(C)(C)CC4)CC3)cc2Oc2ccc3[nH]ccc3c2)cc1[N+](=O)[O-]. The zero-order valence-corrected chi connectivity index (χ0v) is 36.8. The Hall–Kier alpha value is -4.90. The highest BCUT2D eigenvalue weighted by Gasteiger charge is 2.30. The molecular formula is C45H50ClN5O8S2. The van der Waals surface area contributed by atoms with Crippen molar-refractivity contribution < 1.29 is 32.3 Å². The number of hydrogen-bond donors (Lipinski definition) is 2. The summed E-state index contributed by atoms with van der Waals surface area (Å²) >= 11 is 7.40. The Balaban J connectivity index is 1.08. The fraction of sp³-hybridized carbons (Fsp3) is 0.356. The van der Waals surface area contributed by atoms with E-state index >= 15 is 0 Å². The number of carbonyl (C=O) groups is 1. The summed E-state index contributed by atoms with van der Waals surface area (Å²) in [7, 11) is -2.98. The summed E-state index contributed by atoms with van der Waals surface area (Å²) in [6.45, 7) is 9.81. The van der Waals surface area contributed by atoms with Crippen LogP contribution in [0.5, 0.6) is 11.5 Å². The van der Waals surface area contributed by atoms with Crippen LogP contribution in [0, 0.1) is 15.5 Å². The van der Waals surface area contributed by atoms with E-state index in [0.717, 1.165) is 79.7 Å². The number of methoxy groups -OCH3 is 1. The minimum absolute atomic E-state index is 0.0165. The summed E-state index contributed by atoms with van der Waals surface area (Å²) in [5, 5.41) is 13.6. The van der Waals surface area contributed by atoms with Crippen molar-refractivity contribution in [3.63, 3.8) is 0 Å². The van der Waals surface area contributed by atoms with E-state index in [-0.39, 0.29) is 21.6 Å². The van der Waals surface area contributed by atoms with E-state index in [1.165, 1.54) is 40.6 Å². The number of H-pyrrole nitrogens is 1. The topological polar surface area (TPSA) is 156 Å². The second-order valence-corrected chi connectivity index (χ2v) is 19.2. The van der Waals surface area contributed by atoms with Crippen molar-refractivity contribution in [2.24, 2.45) is 5.41 Å². The van der Waals surface area contributed by atoms with Crippen molar-refractivity contribution in [1.29, 1.82) is 0 Å². The molecule has 4 aromatic carbocycles. The Morgan fingerprint density at radius 2 is 1.75 bits per heavy atom. The van der Waals surface area contributed by atoms with Gasteiger partial charge in [-0.25, -0.2) is 13.1 Å². The third kappa shape index (κ3) is 11.1. The molecule has 1 saturated heterocycles. The molecule has 61 heavy (non-hydrogen) atoms. The molecule has 0 spiro atoms. The molecule has 1 aromatic heterocycles. The number of allylic oxidation sites excluding steroid dienone is 1. The number of nitrogens with zero attached hydrogens (tertiary/aromatic N) is 3. The average Bonchev–Trinajstić information content (AvgIpc) is 3.71. The second-order valence-electron chi connectivity index (χ2n) is 16.0. The zero-order valence-electron chi connectivity index (χ0n) is 34.4. The highest BCUT2D eigenvalue weighted by Crippen LogP contribution is 2.43. The Morgan fingerprint density at radius 3 is 2.51 bits per heavy atom. The highest BCUT2D eigenvalue weighted by molar-refractivity contribution is 7.99. The van der Waals surface area contributed by atoms with E-state index in [1.54, 1.807) is 31.4 Å². The summed E-state index contributed by atoms with van der Waals surface area (Å²) in [5.74, 6) is 0.0837. The van der Waals surface area contributed by atoms with Crippen LogP contribution in [0.4, 0.5) is 11.4 Å². The molecule has 322 valence electrons. The van der Waals surface area contributed by atoms with Crippen LogP contribution in [0.2, 0.25) is 5.02 Å². The summed E-state index contributed by atoms with van der Waals surface area (Å²) in [5.41, 5.74) is 5.66. The molecule has 2 heterocycles. The Kier molecular flexibility index (Phi) is 14.1. The first kappa shape index (κ1) is 44.2. The normalized spacial score (nSPS) is 15.9. The number of sulfonamides is 1. The number of aromatic amines is 1. The number of carbonyl (C=O) groups excluding carboxylic acids is 1. The lowest BCUT2D eigenvalue weighted by Gasteiger charge is -2.39. The number of ether oxygens (including phenoxy) is 3. The third-order valence-electron chi connectivity index (χ3n) is 11.1. The van der Waals surface area contributed by atoms with Gasteiger partial charge in [0.2, 0.25) is 0 Å². The number of nitrogens with one attached hydrogen (secondary N) is 2. The van der Waals surface area contributed by atoms with Crippen LogP contribution in [-0.2, 0) is 19.5 Å². The third-order valence-corrected chi connectivity index (χ3v) is 13.7. The fourth-order valence-electron chi connectivity index (χ4n) is 7.72. The number of benzene rings is 4. The van der Waals surface area contributed by atoms with Crippen molar-refractivity contribution in [2.75, 3.05) is 70.3 Å². The van der Waals surface area contributed by atoms with Gasteiger partial charge < -0.3 is 24.1 Å². The van der Waals surface area contributed by atoms with Crippen LogP contribution in [0.3, 0.4) is 0 Å². The minimum atomic E-state index is -4.54. The van der Waals surface area contributed by atoms with Crippen molar-refractivity contribution >= 4 is 67.1 Å². The van der Waals surface area contributed by atoms with Gasteiger partial charge in [0.15, 0.2) is 0 Å². The molecule has 0 unspecified atom stereocenters. The molecule has 2 aliphatic rings. The molecule has 0 radical (unpaired) electrons. The van der Waals surface area contributed by atoms with Gasteiger partial charge in [-0.1, -0.05) is 43.2 Å². The summed E-state index contributed by atoms with van der Waals surface area (Å²) in [6, 6.07) is 24.2. The molecule has 1 aliphatic heterocycles. The van der Waals surface area contributed by atoms with Gasteiger partial charge in [0, 0.05) is 85.5 Å². The molecule has 16 heteroatoms. The number of halogens is 1. The maximum atomic E-state index is 13.9. The maximum absolute atomic E-state index is 13.9. The number of aromatic nitrogens is 1. The molecule has 0 saturated carbocycles. The second kappa shape index (κ2) is 19.4. The average molecular weight is 889 g/mol. The number of fused-ring (bicyclic) bond motifs is 1. The zero-order chi connectivity index (χ0) is 43.1. The van der Waals surface area contributed by atoms with Crippen molar-refractivity contribution in [1.82, 2.24) is 14.6 Å². The predicted molar refractivity (Wildman–Crippen MR) is 241 cm³/mol. The molecule has 0 bridgehead atoms. The monoisotopic (exact) mass is 887 g/mol. The number of anilines is 1. The van der Waals surface area contributed by atoms with Gasteiger partial charge in [-0.3, -0.25) is 19.8 Å². The van der Waals surface area contributed by atoms with Gasteiger partial charge in [-0.05, 0) is 96.5 Å². The number of amides is 1. The number of thioether (sulfide) groups is 1. The lowest BCUT2D eigenvalue weighted by atomic mass is 9.72. The number of nitro benzene ring substituents is 1. The van der Waals surface area contributed by atoms with E-state index in [0.29, 0.717) is 31.3 Å². The Bertz CT molecular complexity index is 2520. The highest BCUT2D eigenvalue weighted by atomic mass is 35.5. The standard InChI is InChI=1S/C45H50ClN5O8S2/c1-45(2)16-14-33(39(29-45)31-4-6-34(46)7-5-31)30-49-18-20-50(21-19-49)35-8-11-38(42(27-35)59-36-9-12-40-32(26-36)15-17-47-40)44(52)48-61(55,56)37-10-13-43(41(28-37)51(53)54)60-25-24-58-23-22-57-3/h4-13,15,17,26-28,47H,14,16,18-25,29-30H2,1-3H3,(H,48,52). The first-order valence-electron chi connectivity index (χ1n) is 20.2. The Morgan fingerprint density at radius 1 is 0.967 bits per heavy atom. The lowest BCUT2D eigenvalue weighted by Crippen LogP contribution is -2.47. The van der Waals surface area contributed by atoms with Crippen molar-refractivity contribution in [3.05, 3.63) is 123 Å². The summed E-state index contributed by atoms with van der Waals surface area (Å²) in [6.07, 6.45) is 5.02. The van der Waals surface area contributed by atoms with E-state index in [4.69, 9.17) is 25.8 Å². The van der Waals surface area contributed by atoms with E-state index < -0.39 is 31.4 Å². The maximum Gasteiger partial charge on any atom is 0.284 e. The smallest absolute Gasteiger partial charge is 0.284 e. The molecule has 5 aromatic rings. The molecule has 1 fully saturated rings. The van der Waals surface area contributed by atoms with Crippen molar-refractivity contribution in [3.8, 4) is 11.5 Å². The number of rotatable bonds is 17. The molecule has 7 rings (SSSR count). The first-order chi connectivity index (χ1) is 29.3. The van der Waals surface area contributed by atoms with E-state index in [9.17, 15) is 23.3 Å². The summed E-state index contributed by atoms with van der Waals surface area (Å²) < 4.78 is 46.1. The van der Waals surface area contributed by atoms with Gasteiger partial charge >= 0.3 is 0 Å². The number of nitro groups is 1. The largest absolute Gasteiger partial charge is 0.456 e. The predicted octanol–water partition coefficient (Wildman–Crippen LogP) is 9.18. The van der Waals surface area contributed by atoms with E-state index in [2.05, 4.69) is 45.5 Å². The summed E-state index contributed by atoms with van der Waals surface area (Å²) in [4.78, 5) is 33.0. The van der Waals surface area contributed by atoms with Crippen LogP contribution in [0.1, 0.15) is 49.0 Å². The molecule has 13 nitrogen and oxygen atoms in total. The number of piperazine rings is 1. The van der Waals surface area contributed by atoms with Gasteiger partial charge in [0.25, 0.3) is 21.6 Å². The van der Waals surface area contributed by atoms with Crippen LogP contribution in [0.25, 0.3) is 16.5 Å². The van der Waals surface area contributed by atoms with Crippen LogP contribution < -0.4 is 14.4 Å². The van der Waals surface area contributed by atoms with E-state index in [1.807, 2.05) is 36.5 Å². The molecular weight excluding hydrogens is 838 g/mol. The lowest BCUT2D eigenvalue weighted by molar-refractivity contribution is -0.388. The first-order valence-corrected chi connectivity index (χ1v) is 23.0. The Labute approximate surface area is 365 Å². The van der Waals surface area contributed by atoms with Crippen LogP contribution in [-0.4, -0.2) is 94.5 Å². The molecule has 1 aliphatic carbocycles. The molecule has 2 N–H and O–H groups in total. The van der Waals surface area contributed by atoms with Gasteiger partial charge in [0.1, 0.15) is 11.5 Å². The van der Waals surface area contributed by atoms with Crippen LogP contribution >= 0.6 is 23.4 Å².